The minimum absolute atomic E-state index is 0.221. The van der Waals surface area contributed by atoms with Crippen LogP contribution in [0.4, 0.5) is 5.69 Å². The molecular weight excluding hydrogens is 293 g/mol. The predicted octanol–water partition coefficient (Wildman–Crippen LogP) is 3.25. The minimum atomic E-state index is -0.972. The van der Waals surface area contributed by atoms with E-state index < -0.39 is 5.97 Å². The van der Waals surface area contributed by atoms with Gasteiger partial charge in [-0.3, -0.25) is 4.79 Å². The van der Waals surface area contributed by atoms with Crippen molar-refractivity contribution in [3.05, 3.63) is 26.7 Å². The lowest BCUT2D eigenvalue weighted by atomic mass is 10.3. The van der Waals surface area contributed by atoms with Gasteiger partial charge in [0.25, 0.3) is 0 Å². The van der Waals surface area contributed by atoms with Crippen LogP contribution in [0.25, 0.3) is 0 Å². The molecule has 0 aliphatic carbocycles. The van der Waals surface area contributed by atoms with Crippen LogP contribution in [0.2, 0.25) is 10.0 Å². The fourth-order valence-corrected chi connectivity index (χ4v) is 2.22. The zero-order chi connectivity index (χ0) is 10.7. The van der Waals surface area contributed by atoms with Gasteiger partial charge in [0.05, 0.1) is 15.7 Å². The average molecular weight is 299 g/mol. The van der Waals surface area contributed by atoms with E-state index in [4.69, 9.17) is 28.3 Å². The highest BCUT2D eigenvalue weighted by atomic mass is 79.9. The van der Waals surface area contributed by atoms with E-state index in [0.717, 1.165) is 4.47 Å². The number of rotatable bonds is 3. The number of aliphatic carboxylic acids is 1. The van der Waals surface area contributed by atoms with Gasteiger partial charge in [-0.25, -0.2) is 0 Å². The molecule has 14 heavy (non-hydrogen) atoms. The molecule has 0 unspecified atom stereocenters. The van der Waals surface area contributed by atoms with Gasteiger partial charge in [-0.05, 0) is 12.1 Å². The van der Waals surface area contributed by atoms with E-state index in [9.17, 15) is 4.79 Å². The summed E-state index contributed by atoms with van der Waals surface area (Å²) >= 11 is 14.9. The van der Waals surface area contributed by atoms with Crippen molar-refractivity contribution < 1.29 is 9.90 Å². The molecular formula is C8H6BrCl2NO2. The van der Waals surface area contributed by atoms with Gasteiger partial charge in [-0.1, -0.05) is 39.1 Å². The van der Waals surface area contributed by atoms with Crippen LogP contribution >= 0.6 is 39.1 Å². The fourth-order valence-electron chi connectivity index (χ4n) is 0.875. The minimum Gasteiger partial charge on any atom is -0.480 e. The molecule has 0 atom stereocenters. The van der Waals surface area contributed by atoms with E-state index in [-0.39, 0.29) is 6.54 Å². The molecule has 6 heteroatoms. The molecule has 0 saturated heterocycles. The van der Waals surface area contributed by atoms with Crippen LogP contribution in [-0.4, -0.2) is 17.6 Å². The standard InChI is InChI=1S/C8H6BrCl2NO2/c9-4-1-5(10)8(6(11)2-4)12-3-7(13)14/h1-2,12H,3H2,(H,13,14). The Morgan fingerprint density at radius 2 is 1.93 bits per heavy atom. The summed E-state index contributed by atoms with van der Waals surface area (Å²) in [5.41, 5.74) is 0.430. The molecule has 2 N–H and O–H groups in total. The summed E-state index contributed by atoms with van der Waals surface area (Å²) in [5.74, 6) is -0.972. The van der Waals surface area contributed by atoms with Crippen molar-refractivity contribution in [1.29, 1.82) is 0 Å². The number of carboxylic acid groups (broad SMARTS) is 1. The first-order valence-corrected chi connectivity index (χ1v) is 5.16. The molecule has 0 aromatic heterocycles. The molecule has 0 saturated carbocycles. The molecule has 76 valence electrons. The highest BCUT2D eigenvalue weighted by molar-refractivity contribution is 9.10. The Balaban J connectivity index is 2.91. The van der Waals surface area contributed by atoms with Gasteiger partial charge in [-0.2, -0.15) is 0 Å². The second kappa shape index (κ2) is 4.87. The topological polar surface area (TPSA) is 49.3 Å². The molecule has 0 aliphatic rings. The Labute approximate surface area is 99.1 Å². The van der Waals surface area contributed by atoms with Crippen LogP contribution in [0.5, 0.6) is 0 Å². The Morgan fingerprint density at radius 1 is 1.43 bits per heavy atom. The SMILES string of the molecule is O=C(O)CNc1c(Cl)cc(Br)cc1Cl. The molecule has 1 aromatic rings. The van der Waals surface area contributed by atoms with Crippen LogP contribution in [0.1, 0.15) is 0 Å². The summed E-state index contributed by atoms with van der Waals surface area (Å²) in [6, 6.07) is 3.27. The Kier molecular flexibility index (Phi) is 4.04. The van der Waals surface area contributed by atoms with Crippen molar-refractivity contribution in [2.24, 2.45) is 0 Å². The Morgan fingerprint density at radius 3 is 2.36 bits per heavy atom. The van der Waals surface area contributed by atoms with E-state index in [0.29, 0.717) is 15.7 Å². The van der Waals surface area contributed by atoms with Gasteiger partial charge >= 0.3 is 5.97 Å². The van der Waals surface area contributed by atoms with E-state index in [1.807, 2.05) is 0 Å². The van der Waals surface area contributed by atoms with Crippen LogP contribution < -0.4 is 5.32 Å². The quantitative estimate of drug-likeness (QED) is 0.900. The maximum atomic E-state index is 10.3. The van der Waals surface area contributed by atoms with E-state index >= 15 is 0 Å². The normalized spacial score (nSPS) is 9.93. The van der Waals surface area contributed by atoms with Crippen LogP contribution in [0, 0.1) is 0 Å². The summed E-state index contributed by atoms with van der Waals surface area (Å²) in [6.07, 6.45) is 0. The lowest BCUT2D eigenvalue weighted by Gasteiger charge is -2.08. The molecule has 0 aliphatic heterocycles. The van der Waals surface area contributed by atoms with Gasteiger partial charge < -0.3 is 10.4 Å². The summed E-state index contributed by atoms with van der Waals surface area (Å²) in [6.45, 7) is -0.221. The first-order chi connectivity index (χ1) is 6.50. The fraction of sp³-hybridized carbons (Fsp3) is 0.125. The molecule has 1 rings (SSSR count). The highest BCUT2D eigenvalue weighted by Crippen LogP contribution is 2.33. The molecule has 0 radical (unpaired) electrons. The number of halogens is 3. The zero-order valence-electron chi connectivity index (χ0n) is 6.85. The predicted molar refractivity (Wildman–Crippen MR) is 60.3 cm³/mol. The van der Waals surface area contributed by atoms with Crippen molar-refractivity contribution >= 4 is 50.8 Å². The number of anilines is 1. The largest absolute Gasteiger partial charge is 0.480 e. The van der Waals surface area contributed by atoms with Crippen molar-refractivity contribution in [1.82, 2.24) is 0 Å². The average Bonchev–Trinajstić information content (AvgIpc) is 2.01. The smallest absolute Gasteiger partial charge is 0.322 e. The summed E-state index contributed by atoms with van der Waals surface area (Å²) in [4.78, 5) is 10.3. The second-order valence-corrected chi connectivity index (χ2v) is 4.22. The van der Waals surface area contributed by atoms with Crippen LogP contribution in [-0.2, 0) is 4.79 Å². The molecule has 3 nitrogen and oxygen atoms in total. The number of carbonyl (C=O) groups is 1. The molecule has 0 bridgehead atoms. The van der Waals surface area contributed by atoms with Gasteiger partial charge in [-0.15, -0.1) is 0 Å². The number of nitrogens with one attached hydrogen (secondary N) is 1. The highest BCUT2D eigenvalue weighted by Gasteiger charge is 2.08. The lowest BCUT2D eigenvalue weighted by Crippen LogP contribution is -2.12. The molecule has 0 heterocycles. The van der Waals surface area contributed by atoms with Gasteiger partial charge in [0.15, 0.2) is 0 Å². The molecule has 0 fully saturated rings. The number of hydrogen-bond donors (Lipinski definition) is 2. The van der Waals surface area contributed by atoms with Crippen molar-refractivity contribution in [3.8, 4) is 0 Å². The van der Waals surface area contributed by atoms with Crippen molar-refractivity contribution in [3.63, 3.8) is 0 Å². The van der Waals surface area contributed by atoms with Crippen LogP contribution in [0.15, 0.2) is 16.6 Å². The number of hydrogen-bond acceptors (Lipinski definition) is 2. The van der Waals surface area contributed by atoms with E-state index in [1.54, 1.807) is 12.1 Å². The van der Waals surface area contributed by atoms with Crippen molar-refractivity contribution in [2.45, 2.75) is 0 Å². The van der Waals surface area contributed by atoms with Crippen molar-refractivity contribution in [2.75, 3.05) is 11.9 Å². The molecule has 0 amide bonds. The third-order valence-corrected chi connectivity index (χ3v) is 2.48. The maximum Gasteiger partial charge on any atom is 0.322 e. The van der Waals surface area contributed by atoms with Crippen LogP contribution in [0.3, 0.4) is 0 Å². The Hall–Kier alpha value is -0.450. The molecule has 1 aromatic carbocycles. The summed E-state index contributed by atoms with van der Waals surface area (Å²) in [5, 5.41) is 11.8. The third-order valence-electron chi connectivity index (χ3n) is 1.42. The van der Waals surface area contributed by atoms with E-state index in [1.165, 1.54) is 0 Å². The Bertz CT molecular complexity index is 347. The third kappa shape index (κ3) is 3.04. The van der Waals surface area contributed by atoms with Gasteiger partial charge in [0, 0.05) is 4.47 Å². The van der Waals surface area contributed by atoms with E-state index in [2.05, 4.69) is 21.2 Å². The van der Waals surface area contributed by atoms with Gasteiger partial charge in [0.1, 0.15) is 6.54 Å². The summed E-state index contributed by atoms with van der Waals surface area (Å²) in [7, 11) is 0. The summed E-state index contributed by atoms with van der Waals surface area (Å²) < 4.78 is 0.744. The lowest BCUT2D eigenvalue weighted by molar-refractivity contribution is -0.134. The number of carboxylic acids is 1. The zero-order valence-corrected chi connectivity index (χ0v) is 9.95. The molecule has 0 spiro atoms. The first kappa shape index (κ1) is 11.6. The number of benzene rings is 1. The van der Waals surface area contributed by atoms with Gasteiger partial charge in [0.2, 0.25) is 0 Å². The first-order valence-electron chi connectivity index (χ1n) is 3.61. The second-order valence-electron chi connectivity index (χ2n) is 2.49. The maximum absolute atomic E-state index is 10.3. The monoisotopic (exact) mass is 297 g/mol.